The van der Waals surface area contributed by atoms with Crippen LogP contribution in [0.3, 0.4) is 0 Å². The highest BCUT2D eigenvalue weighted by Crippen LogP contribution is 2.44. The maximum atomic E-state index is 9.95. The normalized spacial score (nSPS) is 17.0. The fraction of sp³-hybridized carbons (Fsp3) is 0.294. The maximum Gasteiger partial charge on any atom is 0.167 e. The van der Waals surface area contributed by atoms with Crippen molar-refractivity contribution in [2.75, 3.05) is 7.11 Å². The predicted molar refractivity (Wildman–Crippen MR) is 79.2 cm³/mol. The minimum absolute atomic E-state index is 0.0500. The summed E-state index contributed by atoms with van der Waals surface area (Å²) in [5.74, 6) is 1.65. The average Bonchev–Trinajstić information content (AvgIpc) is 2.48. The predicted octanol–water partition coefficient (Wildman–Crippen LogP) is 3.48. The van der Waals surface area contributed by atoms with E-state index in [0.717, 1.165) is 35.3 Å². The fourth-order valence-corrected chi connectivity index (χ4v) is 2.85. The first-order valence-electron chi connectivity index (χ1n) is 6.95. The van der Waals surface area contributed by atoms with Crippen LogP contribution in [-0.4, -0.2) is 17.3 Å². The Morgan fingerprint density at radius 3 is 2.57 bits per heavy atom. The Labute approximate surface area is 123 Å². The number of phenolic OH excluding ortho intramolecular Hbond substituents is 2. The Hall–Kier alpha value is -2.36. The molecule has 0 saturated heterocycles. The largest absolute Gasteiger partial charge is 0.508 e. The average molecular weight is 286 g/mol. The van der Waals surface area contributed by atoms with Gasteiger partial charge in [0.25, 0.3) is 0 Å². The SMILES string of the molecule is COc1c(O)cc2c(c1C)OC(c1ccc(O)cc1)CC2. The molecule has 0 bridgehead atoms. The third-order valence-electron chi connectivity index (χ3n) is 3.92. The molecule has 2 N–H and O–H groups in total. The van der Waals surface area contributed by atoms with Crippen LogP contribution in [0.4, 0.5) is 0 Å². The molecule has 21 heavy (non-hydrogen) atoms. The number of rotatable bonds is 2. The smallest absolute Gasteiger partial charge is 0.167 e. The summed E-state index contributed by atoms with van der Waals surface area (Å²) in [5, 5.41) is 19.3. The van der Waals surface area contributed by atoms with E-state index in [9.17, 15) is 10.2 Å². The molecule has 2 aromatic carbocycles. The molecule has 0 fully saturated rings. The molecule has 4 nitrogen and oxygen atoms in total. The van der Waals surface area contributed by atoms with Gasteiger partial charge in [0.2, 0.25) is 0 Å². The lowest BCUT2D eigenvalue weighted by Crippen LogP contribution is -2.16. The molecule has 1 aliphatic heterocycles. The van der Waals surface area contributed by atoms with E-state index >= 15 is 0 Å². The van der Waals surface area contributed by atoms with Gasteiger partial charge in [0.15, 0.2) is 11.5 Å². The van der Waals surface area contributed by atoms with Crippen molar-refractivity contribution < 1.29 is 19.7 Å². The van der Waals surface area contributed by atoms with E-state index < -0.39 is 0 Å². The maximum absolute atomic E-state index is 9.95. The lowest BCUT2D eigenvalue weighted by Gasteiger charge is -2.28. The van der Waals surface area contributed by atoms with Crippen molar-refractivity contribution in [1.82, 2.24) is 0 Å². The number of methoxy groups -OCH3 is 1. The highest BCUT2D eigenvalue weighted by atomic mass is 16.5. The first-order chi connectivity index (χ1) is 10.1. The molecule has 0 radical (unpaired) electrons. The molecule has 4 heteroatoms. The number of hydrogen-bond donors (Lipinski definition) is 2. The molecule has 0 spiro atoms. The molecule has 0 aliphatic carbocycles. The summed E-state index contributed by atoms with van der Waals surface area (Å²) in [7, 11) is 1.54. The minimum Gasteiger partial charge on any atom is -0.508 e. The molecule has 1 atom stereocenters. The van der Waals surface area contributed by atoms with E-state index in [1.807, 2.05) is 19.1 Å². The van der Waals surface area contributed by atoms with Crippen LogP contribution in [0.25, 0.3) is 0 Å². The first-order valence-corrected chi connectivity index (χ1v) is 6.95. The third kappa shape index (κ3) is 2.37. The molecule has 1 heterocycles. The van der Waals surface area contributed by atoms with Gasteiger partial charge < -0.3 is 19.7 Å². The second-order valence-electron chi connectivity index (χ2n) is 5.28. The number of fused-ring (bicyclic) bond motifs is 1. The van der Waals surface area contributed by atoms with Crippen LogP contribution in [-0.2, 0) is 6.42 Å². The molecule has 1 aliphatic rings. The zero-order chi connectivity index (χ0) is 15.0. The molecule has 0 saturated carbocycles. The summed E-state index contributed by atoms with van der Waals surface area (Å²) in [4.78, 5) is 0. The van der Waals surface area contributed by atoms with Crippen molar-refractivity contribution in [3.8, 4) is 23.0 Å². The van der Waals surface area contributed by atoms with Crippen LogP contribution in [0.15, 0.2) is 30.3 Å². The topological polar surface area (TPSA) is 58.9 Å². The lowest BCUT2D eigenvalue weighted by atomic mass is 9.95. The van der Waals surface area contributed by atoms with Gasteiger partial charge >= 0.3 is 0 Å². The van der Waals surface area contributed by atoms with Gasteiger partial charge in [-0.3, -0.25) is 0 Å². The molecule has 1 unspecified atom stereocenters. The van der Waals surface area contributed by atoms with Crippen LogP contribution in [0, 0.1) is 6.92 Å². The van der Waals surface area contributed by atoms with Gasteiger partial charge in [-0.05, 0) is 49.1 Å². The van der Waals surface area contributed by atoms with E-state index in [1.165, 1.54) is 7.11 Å². The third-order valence-corrected chi connectivity index (χ3v) is 3.92. The zero-order valence-corrected chi connectivity index (χ0v) is 12.1. The first kappa shape index (κ1) is 13.6. The lowest BCUT2D eigenvalue weighted by molar-refractivity contribution is 0.173. The van der Waals surface area contributed by atoms with Gasteiger partial charge in [-0.2, -0.15) is 0 Å². The standard InChI is InChI=1S/C17H18O4/c1-10-16-12(9-14(19)17(10)20-2)5-8-15(21-16)11-3-6-13(18)7-4-11/h3-4,6-7,9,15,18-19H,5,8H2,1-2H3. The summed E-state index contributed by atoms with van der Waals surface area (Å²) in [6.45, 7) is 1.89. The van der Waals surface area contributed by atoms with Crippen LogP contribution in [0.2, 0.25) is 0 Å². The molecule has 0 aromatic heterocycles. The molecule has 2 aromatic rings. The minimum atomic E-state index is -0.0500. The number of aromatic hydroxyl groups is 2. The van der Waals surface area contributed by atoms with Crippen molar-refractivity contribution >= 4 is 0 Å². The van der Waals surface area contributed by atoms with Gasteiger partial charge in [-0.25, -0.2) is 0 Å². The van der Waals surface area contributed by atoms with E-state index in [4.69, 9.17) is 9.47 Å². The zero-order valence-electron chi connectivity index (χ0n) is 12.1. The molecule has 110 valence electrons. The monoisotopic (exact) mass is 286 g/mol. The van der Waals surface area contributed by atoms with Crippen molar-refractivity contribution in [3.63, 3.8) is 0 Å². The van der Waals surface area contributed by atoms with Gasteiger partial charge in [-0.1, -0.05) is 12.1 Å². The Morgan fingerprint density at radius 1 is 1.19 bits per heavy atom. The Balaban J connectivity index is 1.96. The second kappa shape index (κ2) is 5.20. The number of ether oxygens (including phenoxy) is 2. The molecular weight excluding hydrogens is 268 g/mol. The summed E-state index contributed by atoms with van der Waals surface area (Å²) in [6.07, 6.45) is 1.62. The summed E-state index contributed by atoms with van der Waals surface area (Å²) in [6, 6.07) is 8.79. The fourth-order valence-electron chi connectivity index (χ4n) is 2.85. The molecule has 0 amide bonds. The van der Waals surface area contributed by atoms with Crippen LogP contribution in [0.1, 0.15) is 29.2 Å². The number of benzene rings is 2. The van der Waals surface area contributed by atoms with E-state index in [0.29, 0.717) is 5.75 Å². The van der Waals surface area contributed by atoms with E-state index in [1.54, 1.807) is 18.2 Å². The van der Waals surface area contributed by atoms with E-state index in [-0.39, 0.29) is 17.6 Å². The van der Waals surface area contributed by atoms with E-state index in [2.05, 4.69) is 0 Å². The number of hydrogen-bond acceptors (Lipinski definition) is 4. The van der Waals surface area contributed by atoms with Gasteiger partial charge in [0.05, 0.1) is 7.11 Å². The second-order valence-corrected chi connectivity index (χ2v) is 5.28. The van der Waals surface area contributed by atoms with Crippen LogP contribution in [0.5, 0.6) is 23.0 Å². The Bertz CT molecular complexity index is 661. The highest BCUT2D eigenvalue weighted by molar-refractivity contribution is 5.57. The van der Waals surface area contributed by atoms with Crippen molar-refractivity contribution in [3.05, 3.63) is 47.0 Å². The quantitative estimate of drug-likeness (QED) is 0.887. The number of phenols is 2. The summed E-state index contributed by atoms with van der Waals surface area (Å²) in [5.41, 5.74) is 2.85. The number of aryl methyl sites for hydroxylation is 1. The van der Waals surface area contributed by atoms with Gasteiger partial charge in [-0.15, -0.1) is 0 Å². The summed E-state index contributed by atoms with van der Waals surface area (Å²) < 4.78 is 11.3. The van der Waals surface area contributed by atoms with Crippen molar-refractivity contribution in [2.24, 2.45) is 0 Å². The molecule has 3 rings (SSSR count). The summed E-state index contributed by atoms with van der Waals surface area (Å²) >= 11 is 0. The Kier molecular flexibility index (Phi) is 3.37. The van der Waals surface area contributed by atoms with Crippen LogP contribution >= 0.6 is 0 Å². The Morgan fingerprint density at radius 2 is 1.90 bits per heavy atom. The van der Waals surface area contributed by atoms with Crippen molar-refractivity contribution in [2.45, 2.75) is 25.9 Å². The highest BCUT2D eigenvalue weighted by Gasteiger charge is 2.26. The van der Waals surface area contributed by atoms with Crippen LogP contribution < -0.4 is 9.47 Å². The van der Waals surface area contributed by atoms with Crippen molar-refractivity contribution in [1.29, 1.82) is 0 Å². The van der Waals surface area contributed by atoms with Gasteiger partial charge in [0.1, 0.15) is 17.6 Å². The molecular formula is C17H18O4. The van der Waals surface area contributed by atoms with Gasteiger partial charge in [0, 0.05) is 5.56 Å².